The van der Waals surface area contributed by atoms with Crippen molar-refractivity contribution < 1.29 is 33.5 Å². The SMILES string of the molecule is C=CC1=C(C(=O)OCOC(=O)C(C)C)N2C(=O)C(NC(=O)C(=NOC)c3csc(N)n3)[C@H]2SC1. The molecule has 2 amide bonds. The zero-order valence-electron chi connectivity index (χ0n) is 18.6. The van der Waals surface area contributed by atoms with Gasteiger partial charge in [0.05, 0.1) is 5.92 Å². The van der Waals surface area contributed by atoms with E-state index in [4.69, 9.17) is 20.0 Å². The van der Waals surface area contributed by atoms with E-state index in [2.05, 4.69) is 22.0 Å². The molecule has 12 nitrogen and oxygen atoms in total. The Morgan fingerprint density at radius 1 is 1.41 bits per heavy atom. The molecule has 3 heterocycles. The lowest BCUT2D eigenvalue weighted by atomic mass is 10.0. The third kappa shape index (κ3) is 5.07. The lowest BCUT2D eigenvalue weighted by molar-refractivity contribution is -0.170. The summed E-state index contributed by atoms with van der Waals surface area (Å²) < 4.78 is 9.92. The summed E-state index contributed by atoms with van der Waals surface area (Å²) in [5.41, 5.74) is 6.17. The molecule has 2 aliphatic rings. The van der Waals surface area contributed by atoms with E-state index in [9.17, 15) is 19.2 Å². The normalized spacial score (nSPS) is 19.8. The quantitative estimate of drug-likeness (QED) is 0.159. The van der Waals surface area contributed by atoms with Crippen LogP contribution in [-0.4, -0.2) is 70.4 Å². The number of nitrogens with one attached hydrogen (secondary N) is 1. The third-order valence-electron chi connectivity index (χ3n) is 4.75. The smallest absolute Gasteiger partial charge is 0.358 e. The van der Waals surface area contributed by atoms with Gasteiger partial charge in [-0.3, -0.25) is 19.3 Å². The first-order valence-corrected chi connectivity index (χ1v) is 11.9. The summed E-state index contributed by atoms with van der Waals surface area (Å²) in [6, 6.07) is -0.927. The van der Waals surface area contributed by atoms with Crippen LogP contribution in [-0.2, 0) is 33.5 Å². The highest BCUT2D eigenvalue weighted by molar-refractivity contribution is 8.00. The van der Waals surface area contributed by atoms with Crippen molar-refractivity contribution in [1.29, 1.82) is 0 Å². The van der Waals surface area contributed by atoms with Crippen molar-refractivity contribution in [3.63, 3.8) is 0 Å². The summed E-state index contributed by atoms with van der Waals surface area (Å²) in [6.07, 6.45) is 1.45. The fraction of sp³-hybridized carbons (Fsp3) is 0.400. The summed E-state index contributed by atoms with van der Waals surface area (Å²) >= 11 is 2.46. The standard InChI is InChI=1S/C20H23N5O7S2/c1-5-10-6-33-17-13(23-15(26)12(24-30-4)11-7-34-20(21)22-11)16(27)25(17)14(10)19(29)32-8-31-18(28)9(2)3/h5,7,9,13,17H,1,6,8H2,2-4H3,(H2,21,22)(H,23,26)/t13?,17-/m1/s1. The first-order chi connectivity index (χ1) is 16.2. The van der Waals surface area contributed by atoms with E-state index >= 15 is 0 Å². The molecule has 2 atom stereocenters. The number of β-lactam (4-membered cyclic amide) rings is 1. The lowest BCUT2D eigenvalue weighted by Gasteiger charge is -2.49. The molecule has 0 aliphatic carbocycles. The number of amides is 2. The molecule has 1 aromatic rings. The van der Waals surface area contributed by atoms with E-state index in [1.165, 1.54) is 35.2 Å². The molecule has 0 saturated carbocycles. The predicted molar refractivity (Wildman–Crippen MR) is 124 cm³/mol. The maximum Gasteiger partial charge on any atom is 0.358 e. The first-order valence-electron chi connectivity index (χ1n) is 9.97. The minimum absolute atomic E-state index is 0.00657. The molecule has 2 aliphatic heterocycles. The topological polar surface area (TPSA) is 163 Å². The Labute approximate surface area is 203 Å². The van der Waals surface area contributed by atoms with Crippen LogP contribution in [0.2, 0.25) is 0 Å². The summed E-state index contributed by atoms with van der Waals surface area (Å²) in [4.78, 5) is 60.0. The van der Waals surface area contributed by atoms with Crippen molar-refractivity contribution in [2.45, 2.75) is 25.3 Å². The Balaban J connectivity index is 1.71. The van der Waals surface area contributed by atoms with Crippen LogP contribution in [0.5, 0.6) is 0 Å². The summed E-state index contributed by atoms with van der Waals surface area (Å²) in [5, 5.41) is 7.53. The number of carbonyl (C=O) groups excluding carboxylic acids is 4. The number of nitrogens with zero attached hydrogens (tertiary/aromatic N) is 3. The molecule has 0 radical (unpaired) electrons. The summed E-state index contributed by atoms with van der Waals surface area (Å²) in [6.45, 7) is 6.39. The molecule has 1 aromatic heterocycles. The van der Waals surface area contributed by atoms with Crippen molar-refractivity contribution in [1.82, 2.24) is 15.2 Å². The number of esters is 2. The molecule has 1 saturated heterocycles. The Kier molecular flexibility index (Phi) is 7.94. The van der Waals surface area contributed by atoms with Gasteiger partial charge in [-0.25, -0.2) is 9.78 Å². The van der Waals surface area contributed by atoms with Crippen LogP contribution in [0.4, 0.5) is 5.13 Å². The average Bonchev–Trinajstić information content (AvgIpc) is 3.24. The number of thiazole rings is 1. The van der Waals surface area contributed by atoms with Gasteiger partial charge in [-0.2, -0.15) is 0 Å². The van der Waals surface area contributed by atoms with Crippen LogP contribution in [0.25, 0.3) is 0 Å². The largest absolute Gasteiger partial charge is 0.428 e. The number of allylic oxidation sites excluding steroid dienone is 1. The van der Waals surface area contributed by atoms with Gasteiger partial charge in [-0.15, -0.1) is 23.1 Å². The summed E-state index contributed by atoms with van der Waals surface area (Å²) in [5.74, 6) is -2.61. The number of hydrogen-bond acceptors (Lipinski definition) is 12. The Morgan fingerprint density at radius 3 is 2.74 bits per heavy atom. The minimum atomic E-state index is -0.927. The van der Waals surface area contributed by atoms with Gasteiger partial charge in [-0.1, -0.05) is 31.7 Å². The van der Waals surface area contributed by atoms with E-state index in [1.54, 1.807) is 13.8 Å². The number of hydrogen-bond donors (Lipinski definition) is 2. The van der Waals surface area contributed by atoms with E-state index < -0.39 is 42.0 Å². The van der Waals surface area contributed by atoms with E-state index in [0.29, 0.717) is 11.3 Å². The maximum atomic E-state index is 12.9. The molecule has 3 N–H and O–H groups in total. The van der Waals surface area contributed by atoms with Crippen LogP contribution in [0.1, 0.15) is 19.5 Å². The van der Waals surface area contributed by atoms with Crippen LogP contribution < -0.4 is 11.1 Å². The van der Waals surface area contributed by atoms with Gasteiger partial charge in [0.15, 0.2) is 10.8 Å². The average molecular weight is 510 g/mol. The second kappa shape index (κ2) is 10.7. The minimum Gasteiger partial charge on any atom is -0.428 e. The van der Waals surface area contributed by atoms with Gasteiger partial charge in [0, 0.05) is 11.1 Å². The molecule has 3 rings (SSSR count). The number of fused-ring (bicyclic) bond motifs is 1. The van der Waals surface area contributed by atoms with E-state index in [-0.39, 0.29) is 28.2 Å². The maximum absolute atomic E-state index is 12.9. The zero-order chi connectivity index (χ0) is 25.0. The first kappa shape index (κ1) is 25.2. The molecule has 0 spiro atoms. The van der Waals surface area contributed by atoms with Crippen molar-refractivity contribution in [2.24, 2.45) is 11.1 Å². The number of nitrogens with two attached hydrogens (primary N) is 1. The second-order valence-corrected chi connectivity index (χ2v) is 9.29. The molecule has 0 aromatic carbocycles. The van der Waals surface area contributed by atoms with Crippen LogP contribution in [0.15, 0.2) is 34.5 Å². The van der Waals surface area contributed by atoms with E-state index in [0.717, 1.165) is 11.3 Å². The van der Waals surface area contributed by atoms with Gasteiger partial charge in [0.25, 0.3) is 11.8 Å². The van der Waals surface area contributed by atoms with Crippen molar-refractivity contribution in [2.75, 3.05) is 25.4 Å². The fourth-order valence-electron chi connectivity index (χ4n) is 3.07. The van der Waals surface area contributed by atoms with Gasteiger partial charge in [0.1, 0.15) is 29.9 Å². The highest BCUT2D eigenvalue weighted by atomic mass is 32.2. The lowest BCUT2D eigenvalue weighted by Crippen LogP contribution is -2.71. The van der Waals surface area contributed by atoms with Gasteiger partial charge >= 0.3 is 11.9 Å². The molecule has 0 bridgehead atoms. The number of nitrogen functional groups attached to an aromatic ring is 1. The Hall–Kier alpha value is -3.39. The van der Waals surface area contributed by atoms with E-state index in [1.807, 2.05) is 0 Å². The predicted octanol–water partition coefficient (Wildman–Crippen LogP) is 0.616. The number of thioether (sulfide) groups is 1. The van der Waals surface area contributed by atoms with Crippen LogP contribution >= 0.6 is 23.1 Å². The number of rotatable bonds is 9. The molecule has 182 valence electrons. The van der Waals surface area contributed by atoms with Crippen LogP contribution in [0, 0.1) is 5.92 Å². The highest BCUT2D eigenvalue weighted by Crippen LogP contribution is 2.41. The number of oxime groups is 1. The van der Waals surface area contributed by atoms with Gasteiger partial charge in [-0.05, 0) is 5.57 Å². The molecule has 1 fully saturated rings. The number of carbonyl (C=O) groups is 4. The van der Waals surface area contributed by atoms with Crippen LogP contribution in [0.3, 0.4) is 0 Å². The third-order valence-corrected chi connectivity index (χ3v) is 6.73. The van der Waals surface area contributed by atoms with Crippen molar-refractivity contribution in [3.05, 3.63) is 35.0 Å². The zero-order valence-corrected chi connectivity index (χ0v) is 20.2. The van der Waals surface area contributed by atoms with Gasteiger partial charge in [0.2, 0.25) is 6.79 Å². The highest BCUT2D eigenvalue weighted by Gasteiger charge is 2.54. The molecule has 1 unspecified atom stereocenters. The molecular weight excluding hydrogens is 486 g/mol. The molecule has 34 heavy (non-hydrogen) atoms. The Morgan fingerprint density at radius 2 is 2.15 bits per heavy atom. The number of ether oxygens (including phenoxy) is 2. The molecular formula is C20H23N5O7S2. The Bertz CT molecular complexity index is 1080. The van der Waals surface area contributed by atoms with Crippen molar-refractivity contribution in [3.8, 4) is 0 Å². The molecule has 14 heteroatoms. The summed E-state index contributed by atoms with van der Waals surface area (Å²) in [7, 11) is 1.27. The van der Waals surface area contributed by atoms with Crippen molar-refractivity contribution >= 4 is 57.7 Å². The number of aromatic nitrogens is 1. The number of anilines is 1. The second-order valence-electron chi connectivity index (χ2n) is 7.30. The monoisotopic (exact) mass is 509 g/mol. The fourth-order valence-corrected chi connectivity index (χ4v) is 4.95. The van der Waals surface area contributed by atoms with Gasteiger partial charge < -0.3 is 25.4 Å².